The summed E-state index contributed by atoms with van der Waals surface area (Å²) in [4.78, 5) is 22.7. The zero-order valence-electron chi connectivity index (χ0n) is 12.9. The number of amides is 1. The molecule has 1 aromatic heterocycles. The molecule has 0 saturated carbocycles. The number of thiophene rings is 1. The van der Waals surface area contributed by atoms with Crippen LogP contribution in [0.15, 0.2) is 36.0 Å². The lowest BCUT2D eigenvalue weighted by atomic mass is 10.3. The number of hydrogen-bond donors (Lipinski definition) is 1. The van der Waals surface area contributed by atoms with Crippen molar-refractivity contribution in [1.82, 2.24) is 5.43 Å². The summed E-state index contributed by atoms with van der Waals surface area (Å²) >= 11 is 17.2. The SMILES string of the molecule is C/C(=N\NC(=O)COc1c(Br)cc(Br)c(Cl)c1Br)c1cc([N+](=O)[O-])cs1. The molecule has 2 rings (SSSR count). The number of hydrazone groups is 1. The molecule has 0 spiro atoms. The summed E-state index contributed by atoms with van der Waals surface area (Å²) in [6, 6.07) is 3.09. The summed E-state index contributed by atoms with van der Waals surface area (Å²) in [5, 5.41) is 16.4. The number of hydrogen-bond acceptors (Lipinski definition) is 6. The maximum absolute atomic E-state index is 11.9. The summed E-state index contributed by atoms with van der Waals surface area (Å²) in [7, 11) is 0. The Morgan fingerprint density at radius 3 is 2.69 bits per heavy atom. The Morgan fingerprint density at radius 1 is 1.38 bits per heavy atom. The average molecular weight is 590 g/mol. The maximum Gasteiger partial charge on any atom is 0.280 e. The predicted octanol–water partition coefficient (Wildman–Crippen LogP) is 5.52. The first-order chi connectivity index (χ1) is 12.2. The minimum absolute atomic E-state index is 0.0176. The van der Waals surface area contributed by atoms with Crippen LogP contribution in [-0.4, -0.2) is 23.1 Å². The fourth-order valence-electron chi connectivity index (χ4n) is 1.66. The third-order valence-electron chi connectivity index (χ3n) is 2.92. The molecule has 0 bridgehead atoms. The highest BCUT2D eigenvalue weighted by Crippen LogP contribution is 2.42. The van der Waals surface area contributed by atoms with Crippen LogP contribution < -0.4 is 10.2 Å². The van der Waals surface area contributed by atoms with Crippen LogP contribution in [0.1, 0.15) is 11.8 Å². The number of rotatable bonds is 6. The van der Waals surface area contributed by atoms with Gasteiger partial charge in [-0.15, -0.1) is 11.3 Å². The summed E-state index contributed by atoms with van der Waals surface area (Å²) in [5.74, 6) is -0.115. The van der Waals surface area contributed by atoms with E-state index in [-0.39, 0.29) is 12.3 Å². The number of halogens is 4. The molecule has 0 saturated heterocycles. The van der Waals surface area contributed by atoms with Gasteiger partial charge in [-0.3, -0.25) is 14.9 Å². The molecule has 12 heteroatoms. The Kier molecular flexibility index (Phi) is 7.59. The first-order valence-corrected chi connectivity index (χ1v) is 10.4. The number of nitrogens with zero attached hydrogens (tertiary/aromatic N) is 2. The van der Waals surface area contributed by atoms with E-state index in [4.69, 9.17) is 16.3 Å². The van der Waals surface area contributed by atoms with Crippen LogP contribution in [-0.2, 0) is 4.79 Å². The lowest BCUT2D eigenvalue weighted by Crippen LogP contribution is -2.25. The zero-order chi connectivity index (χ0) is 19.4. The third-order valence-corrected chi connectivity index (χ3v) is 6.77. The normalized spacial score (nSPS) is 11.3. The average Bonchev–Trinajstić information content (AvgIpc) is 3.08. The van der Waals surface area contributed by atoms with Gasteiger partial charge in [-0.25, -0.2) is 5.43 Å². The lowest BCUT2D eigenvalue weighted by molar-refractivity contribution is -0.384. The van der Waals surface area contributed by atoms with E-state index in [9.17, 15) is 14.9 Å². The molecule has 0 aliphatic heterocycles. The minimum atomic E-state index is -0.492. The molecule has 1 N–H and O–H groups in total. The smallest absolute Gasteiger partial charge is 0.280 e. The molecule has 0 fully saturated rings. The predicted molar refractivity (Wildman–Crippen MR) is 111 cm³/mol. The molecule has 0 aliphatic rings. The van der Waals surface area contributed by atoms with Gasteiger partial charge in [0.2, 0.25) is 0 Å². The van der Waals surface area contributed by atoms with E-state index in [0.717, 1.165) is 0 Å². The summed E-state index contributed by atoms with van der Waals surface area (Å²) in [6.07, 6.45) is 0. The number of benzene rings is 1. The van der Waals surface area contributed by atoms with Crippen LogP contribution in [0.5, 0.6) is 5.75 Å². The Hall–Kier alpha value is -1.01. The van der Waals surface area contributed by atoms with Crippen molar-refractivity contribution in [2.75, 3.05) is 6.61 Å². The van der Waals surface area contributed by atoms with Crippen LogP contribution in [0.4, 0.5) is 5.69 Å². The van der Waals surface area contributed by atoms with Gasteiger partial charge in [0.25, 0.3) is 11.6 Å². The molecule has 1 aromatic carbocycles. The lowest BCUT2D eigenvalue weighted by Gasteiger charge is -2.11. The van der Waals surface area contributed by atoms with Crippen molar-refractivity contribution in [2.45, 2.75) is 6.92 Å². The van der Waals surface area contributed by atoms with Crippen molar-refractivity contribution in [3.63, 3.8) is 0 Å². The maximum atomic E-state index is 11.9. The molecule has 0 atom stereocenters. The van der Waals surface area contributed by atoms with E-state index >= 15 is 0 Å². The summed E-state index contributed by atoms with van der Waals surface area (Å²) in [5.41, 5.74) is 2.77. The van der Waals surface area contributed by atoms with Gasteiger partial charge in [0.1, 0.15) is 5.75 Å². The number of carbonyl (C=O) groups excluding carboxylic acids is 1. The summed E-state index contributed by atoms with van der Waals surface area (Å²) in [6.45, 7) is 1.34. The fraction of sp³-hybridized carbons (Fsp3) is 0.143. The van der Waals surface area contributed by atoms with Gasteiger partial charge in [-0.05, 0) is 60.8 Å². The van der Waals surface area contributed by atoms with E-state index in [1.54, 1.807) is 13.0 Å². The van der Waals surface area contributed by atoms with Gasteiger partial charge >= 0.3 is 0 Å². The topological polar surface area (TPSA) is 93.8 Å². The first-order valence-electron chi connectivity index (χ1n) is 6.73. The Balaban J connectivity index is 1.99. The second kappa shape index (κ2) is 9.27. The van der Waals surface area contributed by atoms with Crippen molar-refractivity contribution >= 4 is 88.0 Å². The molecule has 138 valence electrons. The first kappa shape index (κ1) is 21.3. The Bertz CT molecular complexity index is 904. The van der Waals surface area contributed by atoms with Crippen molar-refractivity contribution in [1.29, 1.82) is 0 Å². The van der Waals surface area contributed by atoms with Gasteiger partial charge in [-0.1, -0.05) is 11.6 Å². The second-order valence-electron chi connectivity index (χ2n) is 4.74. The highest BCUT2D eigenvalue weighted by Gasteiger charge is 2.16. The van der Waals surface area contributed by atoms with E-state index in [2.05, 4.69) is 58.3 Å². The number of carbonyl (C=O) groups is 1. The van der Waals surface area contributed by atoms with Gasteiger partial charge < -0.3 is 4.74 Å². The van der Waals surface area contributed by atoms with Gasteiger partial charge in [0, 0.05) is 10.5 Å². The van der Waals surface area contributed by atoms with Crippen LogP contribution >= 0.6 is 70.7 Å². The van der Waals surface area contributed by atoms with Gasteiger partial charge in [0.15, 0.2) is 6.61 Å². The van der Waals surface area contributed by atoms with Crippen LogP contribution in [0.2, 0.25) is 5.02 Å². The monoisotopic (exact) mass is 587 g/mol. The summed E-state index contributed by atoms with van der Waals surface area (Å²) < 4.78 is 7.25. The Morgan fingerprint density at radius 2 is 2.08 bits per heavy atom. The third kappa shape index (κ3) is 5.26. The number of nitro groups is 1. The minimum Gasteiger partial charge on any atom is -0.481 e. The highest BCUT2D eigenvalue weighted by molar-refractivity contribution is 9.11. The van der Waals surface area contributed by atoms with Gasteiger partial charge in [-0.2, -0.15) is 5.10 Å². The van der Waals surface area contributed by atoms with Crippen molar-refractivity contribution < 1.29 is 14.5 Å². The van der Waals surface area contributed by atoms with E-state index in [0.29, 0.717) is 34.8 Å². The molecule has 2 aromatic rings. The molecular formula is C14H9Br3ClN3O4S. The van der Waals surface area contributed by atoms with E-state index in [1.807, 2.05) is 0 Å². The Labute approximate surface area is 182 Å². The quantitative estimate of drug-likeness (QED) is 0.158. The standard InChI is InChI=1S/C14H9Br3ClN3O4S/c1-6(10-2-7(5-26-10)21(23)24)19-20-11(22)4-25-14-9(16)3-8(15)13(18)12(14)17/h2-3,5H,4H2,1H3,(H,20,22)/b19-6+. The van der Waals surface area contributed by atoms with Gasteiger partial charge in [0.05, 0.1) is 34.9 Å². The van der Waals surface area contributed by atoms with Crippen molar-refractivity contribution in [2.24, 2.45) is 5.10 Å². The molecule has 0 aliphatic carbocycles. The largest absolute Gasteiger partial charge is 0.481 e. The number of nitrogens with one attached hydrogen (secondary N) is 1. The molecule has 26 heavy (non-hydrogen) atoms. The van der Waals surface area contributed by atoms with E-state index < -0.39 is 10.8 Å². The van der Waals surface area contributed by atoms with Crippen molar-refractivity contribution in [3.05, 3.63) is 50.9 Å². The second-order valence-corrected chi connectivity index (χ2v) is 8.54. The zero-order valence-corrected chi connectivity index (χ0v) is 19.2. The van der Waals surface area contributed by atoms with Crippen LogP contribution in [0.25, 0.3) is 0 Å². The fourth-order valence-corrected chi connectivity index (χ4v) is 4.96. The van der Waals surface area contributed by atoms with Crippen molar-refractivity contribution in [3.8, 4) is 5.75 Å². The molecular weight excluding hydrogens is 581 g/mol. The van der Waals surface area contributed by atoms with Crippen LogP contribution in [0, 0.1) is 10.1 Å². The molecule has 1 heterocycles. The molecule has 7 nitrogen and oxygen atoms in total. The molecule has 1 amide bonds. The highest BCUT2D eigenvalue weighted by atomic mass is 79.9. The molecule has 0 unspecified atom stereocenters. The van der Waals surface area contributed by atoms with E-state index in [1.165, 1.54) is 22.8 Å². The molecule has 0 radical (unpaired) electrons. The number of ether oxygens (including phenoxy) is 1. The van der Waals surface area contributed by atoms with Crippen LogP contribution in [0.3, 0.4) is 0 Å².